The summed E-state index contributed by atoms with van der Waals surface area (Å²) in [5.74, 6) is -0.682. The van der Waals surface area contributed by atoms with Crippen molar-refractivity contribution in [1.82, 2.24) is 4.90 Å². The zero-order valence-corrected chi connectivity index (χ0v) is 18.8. The summed E-state index contributed by atoms with van der Waals surface area (Å²) >= 11 is 0. The monoisotopic (exact) mass is 461 g/mol. The Labute approximate surface area is 196 Å². The van der Waals surface area contributed by atoms with Gasteiger partial charge in [-0.25, -0.2) is 14.1 Å². The molecule has 3 aromatic rings. The number of rotatable bonds is 7. The lowest BCUT2D eigenvalue weighted by Crippen LogP contribution is -2.37. The molecule has 1 N–H and O–H groups in total. The Morgan fingerprint density at radius 1 is 0.971 bits per heavy atom. The zero-order valence-electron chi connectivity index (χ0n) is 18.8. The molecule has 1 heterocycles. The van der Waals surface area contributed by atoms with E-state index in [9.17, 15) is 18.8 Å². The number of nitrogens with one attached hydrogen (secondary N) is 1. The predicted molar refractivity (Wildman–Crippen MR) is 126 cm³/mol. The number of amides is 4. The third-order valence-electron chi connectivity index (χ3n) is 5.63. The van der Waals surface area contributed by atoms with Crippen molar-refractivity contribution in [3.8, 4) is 5.75 Å². The summed E-state index contributed by atoms with van der Waals surface area (Å²) in [6.07, 6.45) is -0.236. The van der Waals surface area contributed by atoms with E-state index in [-0.39, 0.29) is 13.0 Å². The molecule has 0 radical (unpaired) electrons. The Morgan fingerprint density at radius 2 is 1.62 bits per heavy atom. The largest absolute Gasteiger partial charge is 0.497 e. The molecule has 1 unspecified atom stereocenters. The summed E-state index contributed by atoms with van der Waals surface area (Å²) in [7, 11) is 1.56. The third-order valence-corrected chi connectivity index (χ3v) is 5.63. The van der Waals surface area contributed by atoms with Gasteiger partial charge in [0.1, 0.15) is 17.6 Å². The van der Waals surface area contributed by atoms with E-state index in [4.69, 9.17) is 4.74 Å². The summed E-state index contributed by atoms with van der Waals surface area (Å²) < 4.78 is 18.3. The summed E-state index contributed by atoms with van der Waals surface area (Å²) in [6.45, 7) is 2.06. The third kappa shape index (κ3) is 4.91. The molecule has 1 fully saturated rings. The van der Waals surface area contributed by atoms with E-state index in [1.807, 2.05) is 19.1 Å². The highest BCUT2D eigenvalue weighted by atomic mass is 19.1. The Kier molecular flexibility index (Phi) is 6.58. The van der Waals surface area contributed by atoms with Crippen molar-refractivity contribution in [2.45, 2.75) is 25.9 Å². The summed E-state index contributed by atoms with van der Waals surface area (Å²) in [5, 5.41) is 2.66. The van der Waals surface area contributed by atoms with Gasteiger partial charge < -0.3 is 15.0 Å². The fourth-order valence-corrected chi connectivity index (χ4v) is 3.79. The summed E-state index contributed by atoms with van der Waals surface area (Å²) in [6, 6.07) is 18.0. The number of carbonyl (C=O) groups is 3. The standard InChI is InChI=1S/C26H24FN3O4/c1-17-3-11-21(12-4-17)30-25(32)23(15-24(31)28-20-9-7-19(27)8-10-20)29(26(30)33)16-18-5-13-22(34-2)14-6-18/h3-14,23H,15-16H2,1-2H3,(H,28,31). The van der Waals surface area contributed by atoms with E-state index < -0.39 is 29.7 Å². The van der Waals surface area contributed by atoms with Crippen LogP contribution in [0.4, 0.5) is 20.6 Å². The molecule has 1 aliphatic rings. The minimum absolute atomic E-state index is 0.144. The molecule has 7 nitrogen and oxygen atoms in total. The van der Waals surface area contributed by atoms with Crippen molar-refractivity contribution >= 4 is 29.2 Å². The van der Waals surface area contributed by atoms with Crippen LogP contribution in [0.15, 0.2) is 72.8 Å². The van der Waals surface area contributed by atoms with E-state index in [2.05, 4.69) is 5.32 Å². The van der Waals surface area contributed by atoms with Gasteiger partial charge in [0.2, 0.25) is 5.91 Å². The zero-order chi connectivity index (χ0) is 24.2. The molecular weight excluding hydrogens is 437 g/mol. The Bertz CT molecular complexity index is 1190. The lowest BCUT2D eigenvalue weighted by Gasteiger charge is -2.22. The molecule has 1 aliphatic heterocycles. The second-order valence-corrected chi connectivity index (χ2v) is 8.04. The molecule has 174 valence electrons. The molecule has 8 heteroatoms. The molecule has 1 saturated heterocycles. The SMILES string of the molecule is COc1ccc(CN2C(=O)N(c3ccc(C)cc3)C(=O)C2CC(=O)Nc2ccc(F)cc2)cc1. The highest BCUT2D eigenvalue weighted by molar-refractivity contribution is 6.22. The van der Waals surface area contributed by atoms with Gasteiger partial charge in [0.15, 0.2) is 0 Å². The van der Waals surface area contributed by atoms with Crippen LogP contribution in [0.3, 0.4) is 0 Å². The molecule has 4 rings (SSSR count). The average molecular weight is 461 g/mol. The smallest absolute Gasteiger partial charge is 0.332 e. The number of nitrogens with zero attached hydrogens (tertiary/aromatic N) is 2. The number of methoxy groups -OCH3 is 1. The van der Waals surface area contributed by atoms with Crippen LogP contribution in [0.5, 0.6) is 5.75 Å². The first-order chi connectivity index (χ1) is 16.4. The normalized spacial score (nSPS) is 15.6. The number of anilines is 2. The molecule has 0 bridgehead atoms. The van der Waals surface area contributed by atoms with E-state index in [0.29, 0.717) is 17.1 Å². The van der Waals surface area contributed by atoms with E-state index in [1.165, 1.54) is 29.2 Å². The van der Waals surface area contributed by atoms with Gasteiger partial charge in [-0.15, -0.1) is 0 Å². The Balaban J connectivity index is 1.59. The number of imide groups is 1. The van der Waals surface area contributed by atoms with Crippen LogP contribution in [-0.2, 0) is 16.1 Å². The van der Waals surface area contributed by atoms with Gasteiger partial charge in [0, 0.05) is 12.2 Å². The van der Waals surface area contributed by atoms with E-state index in [1.54, 1.807) is 43.5 Å². The molecule has 0 aliphatic carbocycles. The second-order valence-electron chi connectivity index (χ2n) is 8.04. The molecule has 0 spiro atoms. The van der Waals surface area contributed by atoms with Crippen LogP contribution in [0.25, 0.3) is 0 Å². The predicted octanol–water partition coefficient (Wildman–Crippen LogP) is 4.51. The Hall–Kier alpha value is -4.20. The number of halogens is 1. The van der Waals surface area contributed by atoms with Crippen molar-refractivity contribution in [3.05, 3.63) is 89.7 Å². The summed E-state index contributed by atoms with van der Waals surface area (Å²) in [4.78, 5) is 42.0. The van der Waals surface area contributed by atoms with E-state index in [0.717, 1.165) is 16.0 Å². The summed E-state index contributed by atoms with van der Waals surface area (Å²) in [5.41, 5.74) is 2.63. The number of hydrogen-bond acceptors (Lipinski definition) is 4. The lowest BCUT2D eigenvalue weighted by molar-refractivity contribution is -0.124. The number of carbonyl (C=O) groups excluding carboxylic acids is 3. The van der Waals surface area contributed by atoms with Crippen LogP contribution < -0.4 is 15.0 Å². The minimum atomic E-state index is -0.989. The van der Waals surface area contributed by atoms with Crippen LogP contribution in [-0.4, -0.2) is 35.9 Å². The van der Waals surface area contributed by atoms with E-state index >= 15 is 0 Å². The van der Waals surface area contributed by atoms with Crippen molar-refractivity contribution < 1.29 is 23.5 Å². The molecule has 34 heavy (non-hydrogen) atoms. The first-order valence-electron chi connectivity index (χ1n) is 10.8. The maximum absolute atomic E-state index is 13.3. The minimum Gasteiger partial charge on any atom is -0.497 e. The number of urea groups is 1. The van der Waals surface area contributed by atoms with Gasteiger partial charge in [0.25, 0.3) is 5.91 Å². The highest BCUT2D eigenvalue weighted by Crippen LogP contribution is 2.29. The fraction of sp³-hybridized carbons (Fsp3) is 0.192. The molecular formula is C26H24FN3O4. The number of hydrogen-bond donors (Lipinski definition) is 1. The van der Waals surface area contributed by atoms with Crippen LogP contribution in [0.2, 0.25) is 0 Å². The van der Waals surface area contributed by atoms with Crippen molar-refractivity contribution in [2.24, 2.45) is 0 Å². The van der Waals surface area contributed by atoms with Crippen molar-refractivity contribution in [3.63, 3.8) is 0 Å². The van der Waals surface area contributed by atoms with Crippen molar-refractivity contribution in [1.29, 1.82) is 0 Å². The van der Waals surface area contributed by atoms with Gasteiger partial charge in [-0.1, -0.05) is 29.8 Å². The first kappa shape index (κ1) is 23.0. The van der Waals surface area contributed by atoms with Gasteiger partial charge in [-0.05, 0) is 61.0 Å². The van der Waals surface area contributed by atoms with Gasteiger partial charge in [-0.2, -0.15) is 0 Å². The van der Waals surface area contributed by atoms with Crippen molar-refractivity contribution in [2.75, 3.05) is 17.3 Å². The lowest BCUT2D eigenvalue weighted by atomic mass is 10.1. The Morgan fingerprint density at radius 3 is 2.24 bits per heavy atom. The number of ether oxygens (including phenoxy) is 1. The van der Waals surface area contributed by atoms with Gasteiger partial charge >= 0.3 is 6.03 Å². The molecule has 0 aromatic heterocycles. The topological polar surface area (TPSA) is 79.0 Å². The number of benzene rings is 3. The average Bonchev–Trinajstić information content (AvgIpc) is 3.05. The molecule has 1 atom stereocenters. The fourth-order valence-electron chi connectivity index (χ4n) is 3.79. The van der Waals surface area contributed by atoms with Crippen LogP contribution in [0.1, 0.15) is 17.5 Å². The maximum atomic E-state index is 13.3. The molecule has 3 aromatic carbocycles. The first-order valence-corrected chi connectivity index (χ1v) is 10.8. The second kappa shape index (κ2) is 9.74. The van der Waals surface area contributed by atoms with Gasteiger partial charge in [0.05, 0.1) is 19.2 Å². The van der Waals surface area contributed by atoms with Crippen LogP contribution in [0, 0.1) is 12.7 Å². The molecule has 0 saturated carbocycles. The maximum Gasteiger partial charge on any atom is 0.332 e. The molecule has 4 amide bonds. The quantitative estimate of drug-likeness (QED) is 0.525. The van der Waals surface area contributed by atoms with Crippen LogP contribution >= 0.6 is 0 Å². The highest BCUT2D eigenvalue weighted by Gasteiger charge is 2.46. The number of aryl methyl sites for hydroxylation is 1. The van der Waals surface area contributed by atoms with Gasteiger partial charge in [-0.3, -0.25) is 9.59 Å².